The summed E-state index contributed by atoms with van der Waals surface area (Å²) in [5, 5.41) is 2.04. The van der Waals surface area contributed by atoms with Crippen LogP contribution >= 0.6 is 11.8 Å². The van der Waals surface area contributed by atoms with Gasteiger partial charge in [0.15, 0.2) is 5.16 Å². The maximum absolute atomic E-state index is 13.4. The van der Waals surface area contributed by atoms with Crippen molar-refractivity contribution in [1.29, 1.82) is 0 Å². The third-order valence-electron chi connectivity index (χ3n) is 5.91. The van der Waals surface area contributed by atoms with Crippen molar-refractivity contribution in [1.82, 2.24) is 9.55 Å². The van der Waals surface area contributed by atoms with Gasteiger partial charge in [0.2, 0.25) is 0 Å². The van der Waals surface area contributed by atoms with Crippen molar-refractivity contribution in [3.63, 3.8) is 0 Å². The summed E-state index contributed by atoms with van der Waals surface area (Å²) in [4.78, 5) is 30.5. The fourth-order valence-corrected chi connectivity index (χ4v) is 4.92. The van der Waals surface area contributed by atoms with E-state index in [0.29, 0.717) is 27.4 Å². The smallest absolute Gasteiger partial charge is 0.336 e. The predicted octanol–water partition coefficient (Wildman–Crippen LogP) is 5.71. The lowest BCUT2D eigenvalue weighted by Gasteiger charge is -2.14. The number of rotatable bonds is 4. The molecule has 0 bridgehead atoms. The van der Waals surface area contributed by atoms with E-state index in [0.717, 1.165) is 33.3 Å². The van der Waals surface area contributed by atoms with Gasteiger partial charge in [-0.25, -0.2) is 9.78 Å². The first-order valence-electron chi connectivity index (χ1n) is 10.7. The minimum absolute atomic E-state index is 0.115. The number of aromatic nitrogens is 2. The van der Waals surface area contributed by atoms with E-state index in [1.807, 2.05) is 75.4 Å². The van der Waals surface area contributed by atoms with Crippen LogP contribution in [0.2, 0.25) is 0 Å². The van der Waals surface area contributed by atoms with Gasteiger partial charge in [0.25, 0.3) is 5.56 Å². The normalized spacial score (nSPS) is 11.4. The van der Waals surface area contributed by atoms with Gasteiger partial charge in [-0.2, -0.15) is 0 Å². The lowest BCUT2D eigenvalue weighted by molar-refractivity contribution is 0.557. The molecule has 6 heteroatoms. The van der Waals surface area contributed by atoms with Crippen LogP contribution in [-0.2, 0) is 5.75 Å². The molecule has 33 heavy (non-hydrogen) atoms. The molecule has 0 amide bonds. The second-order valence-corrected chi connectivity index (χ2v) is 9.09. The number of para-hydroxylation sites is 1. The Morgan fingerprint density at radius 1 is 0.909 bits per heavy atom. The standard InChI is InChI=1S/C27H22N2O3S/c1-16-8-11-20(12-9-16)29-26(31)22-6-4-5-7-23(22)28-27(29)33-15-19-14-24(30)32-25-18(3)17(2)10-13-21(19)25/h4-14H,15H2,1-3H3. The molecule has 5 rings (SSSR count). The first kappa shape index (κ1) is 21.2. The number of thioether (sulfide) groups is 1. The number of hydrogen-bond acceptors (Lipinski definition) is 5. The Morgan fingerprint density at radius 3 is 2.45 bits per heavy atom. The fraction of sp³-hybridized carbons (Fsp3) is 0.148. The number of nitrogens with zero attached hydrogens (tertiary/aromatic N) is 2. The van der Waals surface area contributed by atoms with E-state index < -0.39 is 0 Å². The summed E-state index contributed by atoms with van der Waals surface area (Å²) < 4.78 is 7.16. The molecule has 5 aromatic rings. The molecule has 164 valence electrons. The molecule has 3 aromatic carbocycles. The van der Waals surface area contributed by atoms with E-state index in [4.69, 9.17) is 9.40 Å². The zero-order valence-electron chi connectivity index (χ0n) is 18.6. The highest BCUT2D eigenvalue weighted by molar-refractivity contribution is 7.98. The maximum Gasteiger partial charge on any atom is 0.336 e. The quantitative estimate of drug-likeness (QED) is 0.198. The Labute approximate surface area is 194 Å². The van der Waals surface area contributed by atoms with Gasteiger partial charge in [-0.05, 0) is 61.7 Å². The highest BCUT2D eigenvalue weighted by atomic mass is 32.2. The summed E-state index contributed by atoms with van der Waals surface area (Å²) in [6.45, 7) is 5.96. The van der Waals surface area contributed by atoms with Gasteiger partial charge in [0.1, 0.15) is 5.58 Å². The molecule has 0 spiro atoms. The number of aryl methyl sites for hydroxylation is 3. The van der Waals surface area contributed by atoms with Gasteiger partial charge in [0.05, 0.1) is 16.6 Å². The molecule has 5 nitrogen and oxygen atoms in total. The molecule has 0 atom stereocenters. The van der Waals surface area contributed by atoms with E-state index >= 15 is 0 Å². The minimum atomic E-state index is -0.380. The van der Waals surface area contributed by atoms with E-state index in [2.05, 4.69) is 0 Å². The lowest BCUT2D eigenvalue weighted by Crippen LogP contribution is -2.21. The van der Waals surface area contributed by atoms with E-state index in [-0.39, 0.29) is 11.2 Å². The summed E-state index contributed by atoms with van der Waals surface area (Å²) in [5.74, 6) is 0.473. The number of hydrogen-bond donors (Lipinski definition) is 0. The molecule has 0 fully saturated rings. The lowest BCUT2D eigenvalue weighted by atomic mass is 10.0. The van der Waals surface area contributed by atoms with Crippen LogP contribution in [0.4, 0.5) is 0 Å². The molecular formula is C27H22N2O3S. The molecule has 0 aliphatic heterocycles. The number of fused-ring (bicyclic) bond motifs is 2. The molecule has 2 aromatic heterocycles. The molecule has 0 aliphatic carbocycles. The van der Waals surface area contributed by atoms with E-state index in [9.17, 15) is 9.59 Å². The first-order valence-corrected chi connectivity index (χ1v) is 11.7. The average Bonchev–Trinajstić information content (AvgIpc) is 2.81. The summed E-state index contributed by atoms with van der Waals surface area (Å²) in [7, 11) is 0. The van der Waals surface area contributed by atoms with Crippen LogP contribution in [0.1, 0.15) is 22.3 Å². The summed E-state index contributed by atoms with van der Waals surface area (Å²) in [6, 6.07) is 20.7. The Balaban J connectivity index is 1.65. The Morgan fingerprint density at radius 2 is 1.67 bits per heavy atom. The largest absolute Gasteiger partial charge is 0.422 e. The third-order valence-corrected chi connectivity index (χ3v) is 6.90. The van der Waals surface area contributed by atoms with Crippen molar-refractivity contribution in [3.8, 4) is 5.69 Å². The van der Waals surface area contributed by atoms with Crippen LogP contribution in [0.5, 0.6) is 0 Å². The number of benzene rings is 3. The van der Waals surface area contributed by atoms with Crippen molar-refractivity contribution >= 4 is 33.6 Å². The van der Waals surface area contributed by atoms with Crippen LogP contribution < -0.4 is 11.2 Å². The third kappa shape index (κ3) is 3.87. The molecule has 0 aliphatic rings. The Bertz CT molecular complexity index is 1630. The van der Waals surface area contributed by atoms with Gasteiger partial charge in [-0.1, -0.05) is 53.7 Å². The highest BCUT2D eigenvalue weighted by Gasteiger charge is 2.15. The zero-order valence-corrected chi connectivity index (χ0v) is 19.4. The molecule has 0 saturated carbocycles. The summed E-state index contributed by atoms with van der Waals surface area (Å²) >= 11 is 1.43. The molecular weight excluding hydrogens is 432 g/mol. The van der Waals surface area contributed by atoms with E-state index in [1.165, 1.54) is 17.8 Å². The Kier molecular flexibility index (Phi) is 5.38. The van der Waals surface area contributed by atoms with Crippen molar-refractivity contribution in [2.75, 3.05) is 0 Å². The van der Waals surface area contributed by atoms with Gasteiger partial charge < -0.3 is 4.42 Å². The van der Waals surface area contributed by atoms with Gasteiger partial charge in [0, 0.05) is 17.2 Å². The summed E-state index contributed by atoms with van der Waals surface area (Å²) in [5.41, 5.74) is 5.52. The molecule has 0 N–H and O–H groups in total. The van der Waals surface area contributed by atoms with Crippen molar-refractivity contribution in [2.45, 2.75) is 31.7 Å². The van der Waals surface area contributed by atoms with Crippen LogP contribution in [-0.4, -0.2) is 9.55 Å². The van der Waals surface area contributed by atoms with Crippen LogP contribution in [0.15, 0.2) is 85.9 Å². The monoisotopic (exact) mass is 454 g/mol. The second kappa shape index (κ2) is 8.37. The maximum atomic E-state index is 13.4. The minimum Gasteiger partial charge on any atom is -0.422 e. The highest BCUT2D eigenvalue weighted by Crippen LogP contribution is 2.29. The van der Waals surface area contributed by atoms with Gasteiger partial charge >= 0.3 is 5.63 Å². The SMILES string of the molecule is Cc1ccc(-n2c(SCc3cc(=O)oc4c(C)c(C)ccc34)nc3ccccc3c2=O)cc1. The Hall–Kier alpha value is -3.64. The molecule has 0 unspecified atom stereocenters. The van der Waals surface area contributed by atoms with Crippen LogP contribution in [0.3, 0.4) is 0 Å². The van der Waals surface area contributed by atoms with Gasteiger partial charge in [-0.3, -0.25) is 9.36 Å². The van der Waals surface area contributed by atoms with Crippen LogP contribution in [0, 0.1) is 20.8 Å². The van der Waals surface area contributed by atoms with Crippen molar-refractivity contribution < 1.29 is 4.42 Å². The predicted molar refractivity (Wildman–Crippen MR) is 134 cm³/mol. The average molecular weight is 455 g/mol. The molecule has 0 radical (unpaired) electrons. The van der Waals surface area contributed by atoms with Crippen LogP contribution in [0.25, 0.3) is 27.6 Å². The van der Waals surface area contributed by atoms with Crippen molar-refractivity contribution in [2.24, 2.45) is 0 Å². The summed E-state index contributed by atoms with van der Waals surface area (Å²) in [6.07, 6.45) is 0. The van der Waals surface area contributed by atoms with Crippen molar-refractivity contribution in [3.05, 3.63) is 110 Å². The molecule has 2 heterocycles. The molecule has 0 saturated heterocycles. The fourth-order valence-electron chi connectivity index (χ4n) is 3.92. The zero-order chi connectivity index (χ0) is 23.1. The van der Waals surface area contributed by atoms with Gasteiger partial charge in [-0.15, -0.1) is 0 Å². The second-order valence-electron chi connectivity index (χ2n) is 8.15. The van der Waals surface area contributed by atoms with E-state index in [1.54, 1.807) is 10.6 Å². The first-order chi connectivity index (χ1) is 15.9. The topological polar surface area (TPSA) is 65.1 Å².